The maximum absolute atomic E-state index is 14.6. The van der Waals surface area contributed by atoms with Crippen LogP contribution in [0.2, 0.25) is 5.15 Å². The number of pyridine rings is 1. The van der Waals surface area contributed by atoms with Crippen molar-refractivity contribution in [1.29, 1.82) is 0 Å². The van der Waals surface area contributed by atoms with Gasteiger partial charge in [-0.15, -0.1) is 11.6 Å². The predicted octanol–water partition coefficient (Wildman–Crippen LogP) is 3.36. The Bertz CT molecular complexity index is 1140. The van der Waals surface area contributed by atoms with E-state index >= 15 is 0 Å². The molecule has 4 heterocycles. The quantitative estimate of drug-likeness (QED) is 0.488. The van der Waals surface area contributed by atoms with Crippen LogP contribution in [0.5, 0.6) is 5.88 Å². The van der Waals surface area contributed by atoms with Crippen molar-refractivity contribution in [2.75, 3.05) is 6.54 Å². The van der Waals surface area contributed by atoms with Gasteiger partial charge in [0, 0.05) is 12.6 Å². The van der Waals surface area contributed by atoms with Crippen LogP contribution in [0.15, 0.2) is 4.79 Å². The smallest absolute Gasteiger partial charge is 0.410 e. The van der Waals surface area contributed by atoms with E-state index in [-0.39, 0.29) is 52.7 Å². The van der Waals surface area contributed by atoms with Crippen molar-refractivity contribution >= 4 is 40.2 Å². The highest BCUT2D eigenvalue weighted by molar-refractivity contribution is 6.30. The number of hydrogen-bond acceptors (Lipinski definition) is 7. The zero-order chi connectivity index (χ0) is 24.1. The minimum atomic E-state index is -0.922. The number of carbonyl (C=O) groups excluding carboxylic acids is 1. The Labute approximate surface area is 200 Å². The lowest BCUT2D eigenvalue weighted by molar-refractivity contribution is -0.00492. The number of nitrogens with zero attached hydrogens (tertiary/aromatic N) is 3. The molecule has 2 aliphatic rings. The maximum atomic E-state index is 14.6. The van der Waals surface area contributed by atoms with Gasteiger partial charge in [-0.05, 0) is 40.5 Å². The summed E-state index contributed by atoms with van der Waals surface area (Å²) in [6.45, 7) is 7.86. The number of alkyl halides is 1. The molecule has 2 saturated heterocycles. The Morgan fingerprint density at radius 3 is 2.73 bits per heavy atom. The van der Waals surface area contributed by atoms with Crippen LogP contribution in [0.25, 0.3) is 10.9 Å². The number of aromatic amines is 1. The summed E-state index contributed by atoms with van der Waals surface area (Å²) < 4.78 is 26.2. The summed E-state index contributed by atoms with van der Waals surface area (Å²) in [5, 5.41) is 2.81. The molecule has 2 aromatic rings. The van der Waals surface area contributed by atoms with E-state index in [1.807, 2.05) is 20.8 Å². The molecule has 0 unspecified atom stereocenters. The first kappa shape index (κ1) is 24.0. The molecule has 0 saturated carbocycles. The number of piperazine rings is 1. The van der Waals surface area contributed by atoms with Gasteiger partial charge in [-0.2, -0.15) is 4.98 Å². The third-order valence-electron chi connectivity index (χ3n) is 5.86. The molecule has 33 heavy (non-hydrogen) atoms. The molecule has 2 aromatic heterocycles. The van der Waals surface area contributed by atoms with Gasteiger partial charge >= 0.3 is 6.09 Å². The van der Waals surface area contributed by atoms with E-state index in [0.29, 0.717) is 6.54 Å². The number of carbonyl (C=O) groups is 1. The molecule has 4 rings (SSSR count). The monoisotopic (exact) mass is 501 g/mol. The van der Waals surface area contributed by atoms with Gasteiger partial charge in [-0.25, -0.2) is 14.2 Å². The Kier molecular flexibility index (Phi) is 6.45. The third-order valence-corrected chi connectivity index (χ3v) is 6.36. The number of hydrogen-bond donors (Lipinski definition) is 2. The second kappa shape index (κ2) is 8.88. The summed E-state index contributed by atoms with van der Waals surface area (Å²) in [5.41, 5.74) is -1.50. The van der Waals surface area contributed by atoms with Crippen molar-refractivity contribution in [3.05, 3.63) is 27.1 Å². The standard InChI is InChI=1S/C21H26Cl2FN5O4/c1-9(15-11-6-5-10(8-25-15)29(11)20(31)33-21(2,3)4)32-19-13-16(14(24)17(23)28-19)26-12(7-22)27-18(13)30/h9-11,15,25H,5-8H2,1-4H3,(H,26,27,30)/t9-,10-,11+,15+/m0/s1. The van der Waals surface area contributed by atoms with Crippen molar-refractivity contribution < 1.29 is 18.7 Å². The van der Waals surface area contributed by atoms with Crippen molar-refractivity contribution in [2.24, 2.45) is 0 Å². The zero-order valence-corrected chi connectivity index (χ0v) is 20.3. The summed E-state index contributed by atoms with van der Waals surface area (Å²) in [7, 11) is 0. The number of nitrogens with one attached hydrogen (secondary N) is 2. The van der Waals surface area contributed by atoms with Gasteiger partial charge < -0.3 is 19.8 Å². The molecular formula is C21H26Cl2FN5O4. The second-order valence-electron chi connectivity index (χ2n) is 9.33. The number of amides is 1. The average Bonchev–Trinajstić information content (AvgIpc) is 3.03. The lowest BCUT2D eigenvalue weighted by Gasteiger charge is -2.42. The van der Waals surface area contributed by atoms with Crippen LogP contribution < -0.4 is 15.6 Å². The fraction of sp³-hybridized carbons (Fsp3) is 0.619. The number of halogens is 3. The molecule has 2 N–H and O–H groups in total. The van der Waals surface area contributed by atoms with Crippen LogP contribution >= 0.6 is 23.2 Å². The van der Waals surface area contributed by atoms with E-state index in [9.17, 15) is 14.0 Å². The fourth-order valence-corrected chi connectivity index (χ4v) is 4.81. The first-order valence-electron chi connectivity index (χ1n) is 10.8. The maximum Gasteiger partial charge on any atom is 0.410 e. The summed E-state index contributed by atoms with van der Waals surface area (Å²) in [6, 6.07) is -0.408. The van der Waals surface area contributed by atoms with Crippen LogP contribution in [0.3, 0.4) is 0 Å². The fourth-order valence-electron chi connectivity index (χ4n) is 4.52. The van der Waals surface area contributed by atoms with Crippen LogP contribution in [0.4, 0.5) is 9.18 Å². The van der Waals surface area contributed by atoms with E-state index in [1.165, 1.54) is 0 Å². The number of rotatable bonds is 4. The summed E-state index contributed by atoms with van der Waals surface area (Å²) >= 11 is 11.7. The molecule has 0 aromatic carbocycles. The second-order valence-corrected chi connectivity index (χ2v) is 9.96. The van der Waals surface area contributed by atoms with Crippen LogP contribution in [0, 0.1) is 5.82 Å². The highest BCUT2D eigenvalue weighted by Gasteiger charge is 2.48. The molecule has 2 aliphatic heterocycles. The lowest BCUT2D eigenvalue weighted by Crippen LogP contribution is -2.64. The largest absolute Gasteiger partial charge is 0.472 e. The molecule has 9 nitrogen and oxygen atoms in total. The molecule has 2 fully saturated rings. The first-order valence-corrected chi connectivity index (χ1v) is 11.7. The highest BCUT2D eigenvalue weighted by Crippen LogP contribution is 2.34. The van der Waals surface area contributed by atoms with Gasteiger partial charge in [0.1, 0.15) is 28.4 Å². The molecule has 1 amide bonds. The van der Waals surface area contributed by atoms with Crippen molar-refractivity contribution in [2.45, 2.75) is 76.2 Å². The van der Waals surface area contributed by atoms with Gasteiger partial charge in [0.05, 0.1) is 18.0 Å². The highest BCUT2D eigenvalue weighted by atomic mass is 35.5. The number of aromatic nitrogens is 3. The number of fused-ring (bicyclic) bond motifs is 3. The van der Waals surface area contributed by atoms with Crippen molar-refractivity contribution in [3.63, 3.8) is 0 Å². The van der Waals surface area contributed by atoms with E-state index in [0.717, 1.165) is 12.8 Å². The van der Waals surface area contributed by atoms with Crippen molar-refractivity contribution in [3.8, 4) is 5.88 Å². The average molecular weight is 502 g/mol. The zero-order valence-electron chi connectivity index (χ0n) is 18.7. The summed E-state index contributed by atoms with van der Waals surface area (Å²) in [4.78, 5) is 37.8. The normalized spacial score (nSPS) is 23.6. The molecule has 0 aliphatic carbocycles. The third kappa shape index (κ3) is 4.61. The Hall–Kier alpha value is -2.17. The Morgan fingerprint density at radius 1 is 1.33 bits per heavy atom. The first-order chi connectivity index (χ1) is 15.5. The summed E-state index contributed by atoms with van der Waals surface area (Å²) in [6.07, 6.45) is 0.711. The topological polar surface area (TPSA) is 109 Å². The van der Waals surface area contributed by atoms with E-state index < -0.39 is 28.2 Å². The summed E-state index contributed by atoms with van der Waals surface area (Å²) in [5.74, 6) is -1.06. The number of H-pyrrole nitrogens is 1. The van der Waals surface area contributed by atoms with Gasteiger partial charge in [0.2, 0.25) is 5.88 Å². The van der Waals surface area contributed by atoms with Gasteiger partial charge in [-0.1, -0.05) is 11.6 Å². The van der Waals surface area contributed by atoms with Crippen LogP contribution in [-0.2, 0) is 10.6 Å². The molecule has 0 spiro atoms. The number of ether oxygens (including phenoxy) is 2. The molecule has 0 radical (unpaired) electrons. The van der Waals surface area contributed by atoms with Crippen LogP contribution in [0.1, 0.15) is 46.4 Å². The van der Waals surface area contributed by atoms with Crippen molar-refractivity contribution in [1.82, 2.24) is 25.2 Å². The molecular weight excluding hydrogens is 476 g/mol. The molecule has 180 valence electrons. The minimum absolute atomic E-state index is 0.0357. The lowest BCUT2D eigenvalue weighted by atomic mass is 10.0. The van der Waals surface area contributed by atoms with E-state index in [2.05, 4.69) is 20.3 Å². The Balaban J connectivity index is 1.63. The van der Waals surface area contributed by atoms with Crippen LogP contribution in [-0.4, -0.2) is 62.3 Å². The predicted molar refractivity (Wildman–Crippen MR) is 121 cm³/mol. The molecule has 4 atom stereocenters. The van der Waals surface area contributed by atoms with E-state index in [1.54, 1.807) is 11.8 Å². The SMILES string of the molecule is C[C@H](Oc1nc(Cl)c(F)c2nc(CCl)[nH]c(=O)c12)[C@H]1NC[C@@H]2CC[C@H]1N2C(=O)OC(C)(C)C. The van der Waals surface area contributed by atoms with Gasteiger partial charge in [0.15, 0.2) is 11.0 Å². The van der Waals surface area contributed by atoms with Gasteiger partial charge in [-0.3, -0.25) is 9.69 Å². The Morgan fingerprint density at radius 2 is 2.06 bits per heavy atom. The molecule has 12 heteroatoms. The van der Waals surface area contributed by atoms with Gasteiger partial charge in [0.25, 0.3) is 5.56 Å². The molecule has 2 bridgehead atoms. The minimum Gasteiger partial charge on any atom is -0.472 e. The van der Waals surface area contributed by atoms with E-state index in [4.69, 9.17) is 32.7 Å².